The van der Waals surface area contributed by atoms with Crippen LogP contribution in [0.5, 0.6) is 11.5 Å². The summed E-state index contributed by atoms with van der Waals surface area (Å²) in [5.74, 6) is -2.97. The number of rotatable bonds is 7. The molecule has 0 aliphatic carbocycles. The van der Waals surface area contributed by atoms with Gasteiger partial charge >= 0.3 is 6.03 Å². The molecule has 1 fully saturated rings. The van der Waals surface area contributed by atoms with E-state index in [1.165, 1.54) is 61.7 Å². The molecular formula is C26H18BrF2N3O6. The minimum Gasteiger partial charge on any atom is -0.493 e. The summed E-state index contributed by atoms with van der Waals surface area (Å²) in [5, 5.41) is 4.65. The normalized spacial score (nSPS) is 14.4. The second-order valence-electron chi connectivity index (χ2n) is 7.81. The molecule has 1 heterocycles. The lowest BCUT2D eigenvalue weighted by atomic mass is 10.1. The van der Waals surface area contributed by atoms with Crippen LogP contribution in [0.15, 0.2) is 70.7 Å². The first-order valence-electron chi connectivity index (χ1n) is 10.9. The molecule has 38 heavy (non-hydrogen) atoms. The van der Waals surface area contributed by atoms with Crippen LogP contribution in [0.2, 0.25) is 0 Å². The molecule has 2 N–H and O–H groups in total. The predicted octanol–water partition coefficient (Wildman–Crippen LogP) is 4.42. The maximum absolute atomic E-state index is 13.3. The SMILES string of the molecule is COc1cc(/C=C2\C(=O)NC(=O)N(c3ccc(F)cc3)C2=O)cc(Br)c1OCC(=O)Nc1ccc(F)cc1. The second-order valence-corrected chi connectivity index (χ2v) is 8.67. The zero-order valence-corrected chi connectivity index (χ0v) is 21.2. The molecule has 0 unspecified atom stereocenters. The third kappa shape index (κ3) is 5.86. The predicted molar refractivity (Wildman–Crippen MR) is 137 cm³/mol. The van der Waals surface area contributed by atoms with Crippen molar-refractivity contribution in [1.29, 1.82) is 0 Å². The first-order valence-corrected chi connectivity index (χ1v) is 11.7. The van der Waals surface area contributed by atoms with E-state index in [-0.39, 0.29) is 22.8 Å². The van der Waals surface area contributed by atoms with Gasteiger partial charge in [-0.1, -0.05) is 0 Å². The fraction of sp³-hybridized carbons (Fsp3) is 0.0769. The molecule has 194 valence electrons. The number of nitrogens with one attached hydrogen (secondary N) is 2. The number of benzene rings is 3. The van der Waals surface area contributed by atoms with Crippen molar-refractivity contribution in [1.82, 2.24) is 5.32 Å². The van der Waals surface area contributed by atoms with Gasteiger partial charge in [0, 0.05) is 5.69 Å². The monoisotopic (exact) mass is 585 g/mol. The van der Waals surface area contributed by atoms with Crippen LogP contribution in [-0.4, -0.2) is 37.5 Å². The van der Waals surface area contributed by atoms with E-state index in [0.29, 0.717) is 15.7 Å². The minimum absolute atomic E-state index is 0.0775. The number of ether oxygens (including phenoxy) is 2. The molecule has 0 atom stereocenters. The van der Waals surface area contributed by atoms with E-state index in [2.05, 4.69) is 26.6 Å². The number of halogens is 3. The molecule has 3 aromatic rings. The molecule has 0 spiro atoms. The van der Waals surface area contributed by atoms with Crippen molar-refractivity contribution in [2.24, 2.45) is 0 Å². The smallest absolute Gasteiger partial charge is 0.335 e. The van der Waals surface area contributed by atoms with Gasteiger partial charge < -0.3 is 14.8 Å². The number of nitrogens with zero attached hydrogens (tertiary/aromatic N) is 1. The molecule has 3 aromatic carbocycles. The Bertz CT molecular complexity index is 1460. The lowest BCUT2D eigenvalue weighted by Gasteiger charge is -2.26. The molecule has 1 aliphatic heterocycles. The van der Waals surface area contributed by atoms with Gasteiger partial charge in [0.15, 0.2) is 18.1 Å². The minimum atomic E-state index is -0.967. The van der Waals surface area contributed by atoms with Crippen molar-refractivity contribution < 1.29 is 37.4 Å². The van der Waals surface area contributed by atoms with Crippen molar-refractivity contribution in [3.8, 4) is 11.5 Å². The van der Waals surface area contributed by atoms with Crippen LogP contribution in [0.3, 0.4) is 0 Å². The number of barbiturate groups is 1. The van der Waals surface area contributed by atoms with E-state index in [1.54, 1.807) is 0 Å². The molecule has 1 saturated heterocycles. The van der Waals surface area contributed by atoms with E-state index >= 15 is 0 Å². The summed E-state index contributed by atoms with van der Waals surface area (Å²) in [5.41, 5.74) is 0.448. The van der Waals surface area contributed by atoms with Crippen molar-refractivity contribution in [3.05, 3.63) is 87.9 Å². The van der Waals surface area contributed by atoms with Crippen molar-refractivity contribution >= 4 is 57.1 Å². The molecule has 5 amide bonds. The number of imide groups is 2. The number of methoxy groups -OCH3 is 1. The third-order valence-electron chi connectivity index (χ3n) is 5.22. The molecule has 1 aliphatic rings. The quantitative estimate of drug-likeness (QED) is 0.313. The summed E-state index contributed by atoms with van der Waals surface area (Å²) in [6, 6.07) is 11.9. The zero-order valence-electron chi connectivity index (χ0n) is 19.6. The van der Waals surface area contributed by atoms with Gasteiger partial charge in [-0.2, -0.15) is 0 Å². The maximum atomic E-state index is 13.3. The van der Waals surface area contributed by atoms with Crippen LogP contribution in [0.4, 0.5) is 25.0 Å². The molecule has 0 radical (unpaired) electrons. The number of carbonyl (C=O) groups is 4. The van der Waals surface area contributed by atoms with Crippen LogP contribution in [0, 0.1) is 11.6 Å². The molecule has 4 rings (SSSR count). The average Bonchev–Trinajstić information content (AvgIpc) is 2.88. The number of amides is 5. The van der Waals surface area contributed by atoms with Crippen molar-refractivity contribution in [2.45, 2.75) is 0 Å². The third-order valence-corrected chi connectivity index (χ3v) is 5.81. The van der Waals surface area contributed by atoms with E-state index in [4.69, 9.17) is 9.47 Å². The summed E-state index contributed by atoms with van der Waals surface area (Å²) in [4.78, 5) is 50.8. The zero-order chi connectivity index (χ0) is 27.4. The molecule has 9 nitrogen and oxygen atoms in total. The molecule has 0 saturated carbocycles. The summed E-state index contributed by atoms with van der Waals surface area (Å²) < 4.78 is 37.6. The molecule has 12 heteroatoms. The largest absolute Gasteiger partial charge is 0.493 e. The van der Waals surface area contributed by atoms with Crippen LogP contribution >= 0.6 is 15.9 Å². The molecule has 0 bridgehead atoms. The fourth-order valence-corrected chi connectivity index (χ4v) is 4.05. The van der Waals surface area contributed by atoms with Gasteiger partial charge in [0.2, 0.25) is 0 Å². The Morgan fingerprint density at radius 2 is 1.66 bits per heavy atom. The summed E-state index contributed by atoms with van der Waals surface area (Å²) >= 11 is 3.33. The van der Waals surface area contributed by atoms with Gasteiger partial charge in [-0.25, -0.2) is 18.5 Å². The standard InChI is InChI=1S/C26H18BrF2N3O6/c1-37-21-12-14(11-20(27)23(21)38-13-22(33)30-17-6-2-15(28)3-7-17)10-19-24(34)31-26(36)32(25(19)35)18-8-4-16(29)5-9-18/h2-12H,13H2,1H3,(H,30,33)(H,31,34,36)/b19-10+. The Morgan fingerprint density at radius 1 is 1.03 bits per heavy atom. The number of urea groups is 1. The Kier molecular flexibility index (Phi) is 7.82. The first kappa shape index (κ1) is 26.5. The number of hydrogen-bond donors (Lipinski definition) is 2. The molecule has 0 aromatic heterocycles. The Hall–Kier alpha value is -4.58. The maximum Gasteiger partial charge on any atom is 0.335 e. The lowest BCUT2D eigenvalue weighted by molar-refractivity contribution is -0.122. The Labute approximate surface area is 223 Å². The second kappa shape index (κ2) is 11.2. The highest BCUT2D eigenvalue weighted by Gasteiger charge is 2.36. The lowest BCUT2D eigenvalue weighted by Crippen LogP contribution is -2.54. The number of anilines is 2. The van der Waals surface area contributed by atoms with E-state index in [9.17, 15) is 28.0 Å². The van der Waals surface area contributed by atoms with Crippen molar-refractivity contribution in [3.63, 3.8) is 0 Å². The van der Waals surface area contributed by atoms with Gasteiger partial charge in [-0.3, -0.25) is 19.7 Å². The van der Waals surface area contributed by atoms with E-state index in [1.807, 2.05) is 0 Å². The van der Waals surface area contributed by atoms with Crippen LogP contribution in [0.1, 0.15) is 5.56 Å². The Morgan fingerprint density at radius 3 is 2.29 bits per heavy atom. The van der Waals surface area contributed by atoms with Gasteiger partial charge in [-0.15, -0.1) is 0 Å². The summed E-state index contributed by atoms with van der Waals surface area (Å²) in [6.45, 7) is -0.400. The Balaban J connectivity index is 1.55. The van der Waals surface area contributed by atoms with Gasteiger partial charge in [0.25, 0.3) is 17.7 Å². The number of carbonyl (C=O) groups excluding carboxylic acids is 4. The van der Waals surface area contributed by atoms with Crippen LogP contribution < -0.4 is 25.0 Å². The van der Waals surface area contributed by atoms with Gasteiger partial charge in [0.05, 0.1) is 17.3 Å². The highest BCUT2D eigenvalue weighted by atomic mass is 79.9. The van der Waals surface area contributed by atoms with Crippen LogP contribution in [0.25, 0.3) is 6.08 Å². The molecular weight excluding hydrogens is 568 g/mol. The summed E-state index contributed by atoms with van der Waals surface area (Å²) in [7, 11) is 1.36. The topological polar surface area (TPSA) is 114 Å². The van der Waals surface area contributed by atoms with Crippen LogP contribution in [-0.2, 0) is 14.4 Å². The fourth-order valence-electron chi connectivity index (χ4n) is 3.48. The summed E-state index contributed by atoms with van der Waals surface area (Å²) in [6.07, 6.45) is 1.25. The average molecular weight is 586 g/mol. The van der Waals surface area contributed by atoms with Crippen molar-refractivity contribution in [2.75, 3.05) is 23.9 Å². The van der Waals surface area contributed by atoms with Gasteiger partial charge in [0.1, 0.15) is 17.2 Å². The first-order chi connectivity index (χ1) is 18.2. The highest BCUT2D eigenvalue weighted by molar-refractivity contribution is 9.10. The van der Waals surface area contributed by atoms with E-state index < -0.39 is 42.0 Å². The van der Waals surface area contributed by atoms with E-state index in [0.717, 1.165) is 17.0 Å². The number of hydrogen-bond acceptors (Lipinski definition) is 6. The van der Waals surface area contributed by atoms with Gasteiger partial charge in [-0.05, 0) is 88.2 Å². The highest BCUT2D eigenvalue weighted by Crippen LogP contribution is 2.37.